The Morgan fingerprint density at radius 2 is 1.72 bits per heavy atom. The lowest BCUT2D eigenvalue weighted by atomic mass is 9.84. The molecule has 0 heterocycles. The largest absolute Gasteiger partial charge is 0.100 e. The van der Waals surface area contributed by atoms with E-state index in [-0.39, 0.29) is 0 Å². The molecule has 1 aliphatic carbocycles. The van der Waals surface area contributed by atoms with Crippen molar-refractivity contribution in [3.8, 4) is 0 Å². The van der Waals surface area contributed by atoms with Gasteiger partial charge < -0.3 is 0 Å². The number of fused-ring (bicyclic) bond motifs is 1. The van der Waals surface area contributed by atoms with E-state index in [2.05, 4.69) is 63.7 Å². The standard InChI is InChI=1S/C25H32/c1-5-21(17-18(2)3)24-16-15-22(23-7-6-8-25(23)24)14-13-20-11-9-19(4)10-12-20/h9-12,15-16,21H,2,5-8,13-14,17H2,1,3-4H3. The van der Waals surface area contributed by atoms with Crippen molar-refractivity contribution in [1.82, 2.24) is 0 Å². The quantitative estimate of drug-likeness (QED) is 0.493. The Morgan fingerprint density at radius 3 is 2.40 bits per heavy atom. The molecule has 0 heteroatoms. The molecule has 25 heavy (non-hydrogen) atoms. The molecule has 0 bridgehead atoms. The minimum Gasteiger partial charge on any atom is -0.100 e. The highest BCUT2D eigenvalue weighted by molar-refractivity contribution is 5.46. The topological polar surface area (TPSA) is 0 Å². The molecule has 1 atom stereocenters. The van der Waals surface area contributed by atoms with Crippen LogP contribution >= 0.6 is 0 Å². The van der Waals surface area contributed by atoms with E-state index in [0.717, 1.165) is 12.8 Å². The predicted octanol–water partition coefficient (Wildman–Crippen LogP) is 6.73. The van der Waals surface area contributed by atoms with Gasteiger partial charge in [-0.05, 0) is 92.5 Å². The van der Waals surface area contributed by atoms with Crippen LogP contribution in [-0.4, -0.2) is 0 Å². The fourth-order valence-electron chi connectivity index (χ4n) is 4.35. The van der Waals surface area contributed by atoms with Gasteiger partial charge >= 0.3 is 0 Å². The second-order valence-electron chi connectivity index (χ2n) is 7.88. The molecule has 0 saturated heterocycles. The Bertz CT molecular complexity index is 733. The van der Waals surface area contributed by atoms with Crippen LogP contribution in [0.15, 0.2) is 48.6 Å². The third-order valence-electron chi connectivity index (χ3n) is 5.75. The molecule has 0 N–H and O–H groups in total. The maximum Gasteiger partial charge on any atom is -0.0125 e. The SMILES string of the molecule is C=C(C)CC(CC)c1ccc(CCc2ccc(C)cc2)c2c1CCC2. The Morgan fingerprint density at radius 1 is 1.00 bits per heavy atom. The Kier molecular flexibility index (Phi) is 5.78. The second-order valence-corrected chi connectivity index (χ2v) is 7.88. The predicted molar refractivity (Wildman–Crippen MR) is 110 cm³/mol. The van der Waals surface area contributed by atoms with Gasteiger partial charge in [0.2, 0.25) is 0 Å². The minimum atomic E-state index is 0.649. The summed E-state index contributed by atoms with van der Waals surface area (Å²) < 4.78 is 0. The van der Waals surface area contributed by atoms with Crippen molar-refractivity contribution < 1.29 is 0 Å². The second kappa shape index (κ2) is 8.04. The molecule has 0 nitrogen and oxygen atoms in total. The molecule has 1 aliphatic rings. The summed E-state index contributed by atoms with van der Waals surface area (Å²) in [6.45, 7) is 10.8. The van der Waals surface area contributed by atoms with Gasteiger partial charge in [-0.25, -0.2) is 0 Å². The number of benzene rings is 2. The van der Waals surface area contributed by atoms with Crippen LogP contribution in [0, 0.1) is 6.92 Å². The zero-order valence-electron chi connectivity index (χ0n) is 16.2. The highest BCUT2D eigenvalue weighted by Crippen LogP contribution is 2.36. The van der Waals surface area contributed by atoms with Crippen LogP contribution in [0.2, 0.25) is 0 Å². The zero-order valence-corrected chi connectivity index (χ0v) is 16.2. The van der Waals surface area contributed by atoms with E-state index in [9.17, 15) is 0 Å². The molecular weight excluding hydrogens is 300 g/mol. The van der Waals surface area contributed by atoms with Crippen molar-refractivity contribution in [2.24, 2.45) is 0 Å². The molecule has 2 aromatic rings. The van der Waals surface area contributed by atoms with Crippen LogP contribution in [0.4, 0.5) is 0 Å². The van der Waals surface area contributed by atoms with E-state index in [1.165, 1.54) is 48.8 Å². The molecule has 0 aliphatic heterocycles. The summed E-state index contributed by atoms with van der Waals surface area (Å²) in [5.74, 6) is 0.649. The number of hydrogen-bond acceptors (Lipinski definition) is 0. The fraction of sp³-hybridized carbons (Fsp3) is 0.440. The lowest BCUT2D eigenvalue weighted by Gasteiger charge is -2.21. The maximum absolute atomic E-state index is 4.15. The summed E-state index contributed by atoms with van der Waals surface area (Å²) in [6.07, 6.45) is 8.53. The monoisotopic (exact) mass is 332 g/mol. The van der Waals surface area contributed by atoms with Crippen molar-refractivity contribution >= 4 is 0 Å². The fourth-order valence-corrected chi connectivity index (χ4v) is 4.35. The normalized spacial score (nSPS) is 14.4. The van der Waals surface area contributed by atoms with Gasteiger partial charge in [-0.3, -0.25) is 0 Å². The van der Waals surface area contributed by atoms with Gasteiger partial charge in [-0.15, -0.1) is 6.58 Å². The first-order valence-electron chi connectivity index (χ1n) is 9.92. The van der Waals surface area contributed by atoms with Gasteiger partial charge in [0, 0.05) is 0 Å². The Labute approximate surface area is 154 Å². The molecule has 0 amide bonds. The first kappa shape index (κ1) is 18.0. The third-order valence-corrected chi connectivity index (χ3v) is 5.75. The minimum absolute atomic E-state index is 0.649. The van der Waals surface area contributed by atoms with Crippen LogP contribution in [0.3, 0.4) is 0 Å². The van der Waals surface area contributed by atoms with Gasteiger partial charge in [-0.2, -0.15) is 0 Å². The summed E-state index contributed by atoms with van der Waals surface area (Å²) in [7, 11) is 0. The Hall–Kier alpha value is -1.82. The number of hydrogen-bond donors (Lipinski definition) is 0. The van der Waals surface area contributed by atoms with Crippen molar-refractivity contribution in [1.29, 1.82) is 0 Å². The summed E-state index contributed by atoms with van der Waals surface area (Å²) in [4.78, 5) is 0. The molecule has 132 valence electrons. The smallest absolute Gasteiger partial charge is 0.0125 e. The molecule has 0 aromatic heterocycles. The van der Waals surface area contributed by atoms with E-state index in [1.807, 2.05) is 0 Å². The van der Waals surface area contributed by atoms with Gasteiger partial charge in [0.05, 0.1) is 0 Å². The molecule has 2 aromatic carbocycles. The Balaban J connectivity index is 1.81. The van der Waals surface area contributed by atoms with Gasteiger partial charge in [0.15, 0.2) is 0 Å². The van der Waals surface area contributed by atoms with Crippen molar-refractivity contribution in [2.45, 2.75) is 71.6 Å². The molecule has 3 rings (SSSR count). The summed E-state index contributed by atoms with van der Waals surface area (Å²) in [6, 6.07) is 13.9. The van der Waals surface area contributed by atoms with Crippen LogP contribution < -0.4 is 0 Å². The highest BCUT2D eigenvalue weighted by Gasteiger charge is 2.22. The van der Waals surface area contributed by atoms with Crippen molar-refractivity contribution in [2.75, 3.05) is 0 Å². The zero-order chi connectivity index (χ0) is 17.8. The molecular formula is C25H32. The average Bonchev–Trinajstić information content (AvgIpc) is 3.09. The van der Waals surface area contributed by atoms with E-state index in [4.69, 9.17) is 0 Å². The molecule has 0 radical (unpaired) electrons. The van der Waals surface area contributed by atoms with Crippen LogP contribution in [-0.2, 0) is 25.7 Å². The van der Waals surface area contributed by atoms with Crippen LogP contribution in [0.1, 0.15) is 72.4 Å². The van der Waals surface area contributed by atoms with E-state index in [1.54, 1.807) is 22.3 Å². The lowest BCUT2D eigenvalue weighted by molar-refractivity contribution is 0.650. The van der Waals surface area contributed by atoms with Crippen molar-refractivity contribution in [3.05, 3.63) is 81.9 Å². The third kappa shape index (κ3) is 4.24. The van der Waals surface area contributed by atoms with Crippen molar-refractivity contribution in [3.63, 3.8) is 0 Å². The summed E-state index contributed by atoms with van der Waals surface area (Å²) in [5.41, 5.74) is 10.6. The van der Waals surface area contributed by atoms with Crippen LogP contribution in [0.5, 0.6) is 0 Å². The average molecular weight is 333 g/mol. The number of allylic oxidation sites excluding steroid dienone is 1. The first-order valence-corrected chi connectivity index (χ1v) is 9.92. The van der Waals surface area contributed by atoms with Gasteiger partial charge in [0.25, 0.3) is 0 Å². The summed E-state index contributed by atoms with van der Waals surface area (Å²) >= 11 is 0. The van der Waals surface area contributed by atoms with E-state index in [0.29, 0.717) is 5.92 Å². The molecule has 0 spiro atoms. The van der Waals surface area contributed by atoms with Gasteiger partial charge in [-0.1, -0.05) is 54.5 Å². The molecule has 1 unspecified atom stereocenters. The lowest BCUT2D eigenvalue weighted by Crippen LogP contribution is -2.05. The maximum atomic E-state index is 4.15. The summed E-state index contributed by atoms with van der Waals surface area (Å²) in [5, 5.41) is 0. The molecule has 0 saturated carbocycles. The molecule has 0 fully saturated rings. The van der Waals surface area contributed by atoms with Crippen LogP contribution in [0.25, 0.3) is 0 Å². The highest BCUT2D eigenvalue weighted by atomic mass is 14.3. The first-order chi connectivity index (χ1) is 12.1. The number of aryl methyl sites for hydroxylation is 3. The number of rotatable bonds is 7. The van der Waals surface area contributed by atoms with E-state index >= 15 is 0 Å². The van der Waals surface area contributed by atoms with E-state index < -0.39 is 0 Å². The van der Waals surface area contributed by atoms with Gasteiger partial charge in [0.1, 0.15) is 0 Å².